The van der Waals surface area contributed by atoms with Crippen LogP contribution in [0.1, 0.15) is 42.3 Å². The van der Waals surface area contributed by atoms with Crippen molar-refractivity contribution >= 4 is 18.3 Å². The zero-order valence-corrected chi connectivity index (χ0v) is 19.9. The fourth-order valence-corrected chi connectivity index (χ4v) is 4.28. The van der Waals surface area contributed by atoms with E-state index < -0.39 is 0 Å². The van der Waals surface area contributed by atoms with Gasteiger partial charge in [0.25, 0.3) is 5.56 Å². The van der Waals surface area contributed by atoms with Crippen LogP contribution >= 0.6 is 12.4 Å². The summed E-state index contributed by atoms with van der Waals surface area (Å²) >= 11 is 0. The quantitative estimate of drug-likeness (QED) is 0.574. The molecule has 0 radical (unpaired) electrons. The molecule has 7 nitrogen and oxygen atoms in total. The van der Waals surface area contributed by atoms with Crippen LogP contribution in [-0.4, -0.2) is 37.1 Å². The maximum absolute atomic E-state index is 13.3. The number of amides is 1. The third-order valence-electron chi connectivity index (χ3n) is 6.43. The van der Waals surface area contributed by atoms with Gasteiger partial charge in [-0.2, -0.15) is 5.10 Å². The summed E-state index contributed by atoms with van der Waals surface area (Å²) in [5.41, 5.74) is 3.95. The fraction of sp³-hybridized carbons (Fsp3) is 0.417. The lowest BCUT2D eigenvalue weighted by Gasteiger charge is -2.25. The second-order valence-electron chi connectivity index (χ2n) is 8.35. The van der Waals surface area contributed by atoms with Crippen LogP contribution in [0.3, 0.4) is 0 Å². The maximum Gasteiger partial charge on any atom is 0.254 e. The predicted molar refractivity (Wildman–Crippen MR) is 127 cm³/mol. The monoisotopic (exact) mass is 473 g/mol. The van der Waals surface area contributed by atoms with Gasteiger partial charge in [-0.1, -0.05) is 0 Å². The van der Waals surface area contributed by atoms with Gasteiger partial charge in [0, 0.05) is 48.4 Å². The highest BCUT2D eigenvalue weighted by molar-refractivity contribution is 5.85. The molecule has 0 fully saturated rings. The van der Waals surface area contributed by atoms with Crippen molar-refractivity contribution in [1.82, 2.24) is 24.6 Å². The molecule has 2 heterocycles. The van der Waals surface area contributed by atoms with Gasteiger partial charge in [-0.05, 0) is 63.8 Å². The van der Waals surface area contributed by atoms with Gasteiger partial charge >= 0.3 is 0 Å². The minimum absolute atomic E-state index is 0. The molecule has 0 bridgehead atoms. The lowest BCUT2D eigenvalue weighted by atomic mass is 9.97. The molecule has 9 heteroatoms. The number of carbonyl (C=O) groups excluding carboxylic acids is 1. The zero-order chi connectivity index (χ0) is 22.8. The highest BCUT2D eigenvalue weighted by Crippen LogP contribution is 2.26. The molecule has 1 aromatic carbocycles. The molecule has 2 aromatic heterocycles. The van der Waals surface area contributed by atoms with E-state index in [1.54, 1.807) is 12.1 Å². The van der Waals surface area contributed by atoms with E-state index in [1.807, 2.05) is 36.7 Å². The van der Waals surface area contributed by atoms with Crippen molar-refractivity contribution in [2.24, 2.45) is 13.0 Å². The SMILES string of the molecule is CCN(Cc1cnn(C)c1C)C(=O)C1CCc2nc(-c3ccc(F)cc3)[nH]c(=O)c2CC1.Cl. The number of aromatic amines is 1. The number of aryl methyl sites for hydroxylation is 2. The standard InChI is InChI=1S/C24H28FN5O2.ClH/c1-4-30(14-18-13-26-29(3)15(18)2)24(32)17-7-11-20-21(12-8-17)27-22(28-23(20)31)16-5-9-19(25)10-6-16;/h5-6,9-10,13,17H,4,7-8,11-12,14H2,1-3H3,(H,27,28,31);1H. The minimum Gasteiger partial charge on any atom is -0.338 e. The number of nitrogens with one attached hydrogen (secondary N) is 1. The van der Waals surface area contributed by atoms with Crippen molar-refractivity contribution in [2.45, 2.75) is 46.1 Å². The molecule has 0 spiro atoms. The van der Waals surface area contributed by atoms with E-state index in [0.717, 1.165) is 17.0 Å². The zero-order valence-electron chi connectivity index (χ0n) is 19.1. The van der Waals surface area contributed by atoms with Gasteiger partial charge in [-0.3, -0.25) is 14.3 Å². The molecule has 176 valence electrons. The number of rotatable bonds is 5. The Morgan fingerprint density at radius 2 is 1.94 bits per heavy atom. The minimum atomic E-state index is -0.339. The number of halogens is 2. The summed E-state index contributed by atoms with van der Waals surface area (Å²) in [5, 5.41) is 4.28. The first-order valence-corrected chi connectivity index (χ1v) is 11.0. The molecule has 1 unspecified atom stereocenters. The van der Waals surface area contributed by atoms with Crippen LogP contribution in [0.4, 0.5) is 4.39 Å². The van der Waals surface area contributed by atoms with E-state index in [-0.39, 0.29) is 35.6 Å². The van der Waals surface area contributed by atoms with Crippen LogP contribution in [0, 0.1) is 18.7 Å². The molecule has 0 saturated carbocycles. The summed E-state index contributed by atoms with van der Waals surface area (Å²) in [6.07, 6.45) is 4.16. The fourth-order valence-electron chi connectivity index (χ4n) is 4.28. The topological polar surface area (TPSA) is 83.9 Å². The Morgan fingerprint density at radius 3 is 2.58 bits per heavy atom. The summed E-state index contributed by atoms with van der Waals surface area (Å²) in [6, 6.07) is 5.89. The van der Waals surface area contributed by atoms with Crippen LogP contribution in [0.25, 0.3) is 11.4 Å². The average Bonchev–Trinajstić information content (AvgIpc) is 2.98. The number of hydrogen-bond acceptors (Lipinski definition) is 4. The van der Waals surface area contributed by atoms with E-state index in [4.69, 9.17) is 0 Å². The Kier molecular flexibility index (Phi) is 7.68. The van der Waals surface area contributed by atoms with Gasteiger partial charge in [0.1, 0.15) is 11.6 Å². The van der Waals surface area contributed by atoms with E-state index in [2.05, 4.69) is 15.1 Å². The molecule has 0 aliphatic heterocycles. The summed E-state index contributed by atoms with van der Waals surface area (Å²) < 4.78 is 15.1. The Labute approximate surface area is 198 Å². The number of benzene rings is 1. The van der Waals surface area contributed by atoms with Crippen molar-refractivity contribution in [1.29, 1.82) is 0 Å². The molecule has 4 rings (SSSR count). The van der Waals surface area contributed by atoms with Crippen molar-refractivity contribution in [3.63, 3.8) is 0 Å². The molecule has 33 heavy (non-hydrogen) atoms. The van der Waals surface area contributed by atoms with Gasteiger partial charge in [-0.15, -0.1) is 12.4 Å². The first-order chi connectivity index (χ1) is 15.4. The Hall–Kier alpha value is -3.00. The van der Waals surface area contributed by atoms with Crippen LogP contribution in [-0.2, 0) is 31.2 Å². The summed E-state index contributed by atoms with van der Waals surface area (Å²) in [7, 11) is 1.89. The van der Waals surface area contributed by atoms with Crippen LogP contribution < -0.4 is 5.56 Å². The third-order valence-corrected chi connectivity index (χ3v) is 6.43. The number of hydrogen-bond donors (Lipinski definition) is 1. The van der Waals surface area contributed by atoms with Gasteiger partial charge in [0.15, 0.2) is 0 Å². The maximum atomic E-state index is 13.3. The highest BCUT2D eigenvalue weighted by atomic mass is 35.5. The number of H-pyrrole nitrogens is 1. The average molecular weight is 474 g/mol. The molecule has 1 aliphatic carbocycles. The van der Waals surface area contributed by atoms with Gasteiger partial charge in [0.2, 0.25) is 5.91 Å². The molecule has 1 amide bonds. The number of aromatic nitrogens is 4. The number of fused-ring (bicyclic) bond motifs is 1. The second-order valence-corrected chi connectivity index (χ2v) is 8.35. The van der Waals surface area contributed by atoms with Gasteiger partial charge in [0.05, 0.1) is 11.9 Å². The van der Waals surface area contributed by atoms with Crippen molar-refractivity contribution < 1.29 is 9.18 Å². The predicted octanol–water partition coefficient (Wildman–Crippen LogP) is 3.58. The summed E-state index contributed by atoms with van der Waals surface area (Å²) in [6.45, 7) is 5.13. The molecule has 1 atom stereocenters. The molecule has 1 N–H and O–H groups in total. The lowest BCUT2D eigenvalue weighted by Crippen LogP contribution is -2.36. The van der Waals surface area contributed by atoms with Crippen LogP contribution in [0.2, 0.25) is 0 Å². The van der Waals surface area contributed by atoms with E-state index in [1.165, 1.54) is 12.1 Å². The first kappa shape index (κ1) is 24.6. The van der Waals surface area contributed by atoms with Crippen LogP contribution in [0.5, 0.6) is 0 Å². The van der Waals surface area contributed by atoms with Crippen molar-refractivity contribution in [3.05, 3.63) is 69.1 Å². The smallest absolute Gasteiger partial charge is 0.254 e. The van der Waals surface area contributed by atoms with E-state index in [9.17, 15) is 14.0 Å². The largest absolute Gasteiger partial charge is 0.338 e. The van der Waals surface area contributed by atoms with Gasteiger partial charge in [-0.25, -0.2) is 9.37 Å². The number of carbonyl (C=O) groups is 1. The first-order valence-electron chi connectivity index (χ1n) is 11.0. The Balaban J connectivity index is 0.00000306. The second kappa shape index (κ2) is 10.3. The molecule has 3 aromatic rings. The normalized spacial score (nSPS) is 15.3. The molecule has 0 saturated heterocycles. The van der Waals surface area contributed by atoms with Crippen molar-refractivity contribution in [2.75, 3.05) is 6.54 Å². The number of nitrogens with zero attached hydrogens (tertiary/aromatic N) is 4. The summed E-state index contributed by atoms with van der Waals surface area (Å²) in [5.74, 6) is 0.0449. The summed E-state index contributed by atoms with van der Waals surface area (Å²) in [4.78, 5) is 35.4. The van der Waals surface area contributed by atoms with Crippen LogP contribution in [0.15, 0.2) is 35.3 Å². The lowest BCUT2D eigenvalue weighted by molar-refractivity contribution is -0.136. The molecular weight excluding hydrogens is 445 g/mol. The highest BCUT2D eigenvalue weighted by Gasteiger charge is 2.28. The third kappa shape index (κ3) is 5.16. The van der Waals surface area contributed by atoms with E-state index >= 15 is 0 Å². The molecular formula is C24H29ClFN5O2. The molecule has 1 aliphatic rings. The van der Waals surface area contributed by atoms with E-state index in [0.29, 0.717) is 55.7 Å². The van der Waals surface area contributed by atoms with Gasteiger partial charge < -0.3 is 9.88 Å². The van der Waals surface area contributed by atoms with Crippen molar-refractivity contribution in [3.8, 4) is 11.4 Å². The Bertz CT molecular complexity index is 1190. The Morgan fingerprint density at radius 1 is 1.24 bits per heavy atom.